The molecule has 160 valence electrons. The molecular weight excluding hydrogens is 434 g/mol. The van der Waals surface area contributed by atoms with Gasteiger partial charge in [-0.1, -0.05) is 35.5 Å². The third-order valence-electron chi connectivity index (χ3n) is 4.52. The fourth-order valence-corrected chi connectivity index (χ4v) is 4.13. The molecule has 0 bridgehead atoms. The lowest BCUT2D eigenvalue weighted by atomic mass is 10.2. The SMILES string of the molecule is CCOc1ccc(OCCn2c(SCc3ccc(Cl)cc3)nc3c(N)ncnc32)cc1. The van der Waals surface area contributed by atoms with Crippen LogP contribution in [0.2, 0.25) is 5.02 Å². The van der Waals surface area contributed by atoms with Crippen molar-refractivity contribution in [2.75, 3.05) is 18.9 Å². The molecule has 0 aliphatic rings. The molecule has 0 saturated heterocycles. The maximum atomic E-state index is 6.03. The van der Waals surface area contributed by atoms with Crippen LogP contribution in [0.15, 0.2) is 60.0 Å². The van der Waals surface area contributed by atoms with Crippen LogP contribution < -0.4 is 15.2 Å². The lowest BCUT2D eigenvalue weighted by molar-refractivity contribution is 0.294. The molecule has 31 heavy (non-hydrogen) atoms. The van der Waals surface area contributed by atoms with Gasteiger partial charge >= 0.3 is 0 Å². The standard InChI is InChI=1S/C22H22ClN5O2S/c1-2-29-17-7-9-18(10-8-17)30-12-11-28-21-19(20(24)25-14-26-21)27-22(28)31-13-15-3-5-16(23)6-4-15/h3-10,14H,2,11-13H2,1H3,(H2,24,25,26). The number of rotatable bonds is 9. The number of fused-ring (bicyclic) bond motifs is 1. The van der Waals surface area contributed by atoms with Crippen LogP contribution >= 0.6 is 23.4 Å². The number of nitrogen functional groups attached to an aromatic ring is 1. The summed E-state index contributed by atoms with van der Waals surface area (Å²) in [5.41, 5.74) is 8.47. The van der Waals surface area contributed by atoms with Crippen molar-refractivity contribution in [2.45, 2.75) is 24.4 Å². The van der Waals surface area contributed by atoms with Gasteiger partial charge < -0.3 is 19.8 Å². The Kier molecular flexibility index (Phi) is 6.79. The number of halogens is 1. The van der Waals surface area contributed by atoms with E-state index in [0.29, 0.717) is 36.7 Å². The fourth-order valence-electron chi connectivity index (χ4n) is 3.03. The zero-order valence-electron chi connectivity index (χ0n) is 17.0. The minimum atomic E-state index is 0.365. The molecular formula is C22H22ClN5O2S. The maximum absolute atomic E-state index is 6.03. The number of benzene rings is 2. The predicted molar refractivity (Wildman–Crippen MR) is 124 cm³/mol. The molecule has 7 nitrogen and oxygen atoms in total. The average molecular weight is 456 g/mol. The molecule has 4 aromatic rings. The predicted octanol–water partition coefficient (Wildman–Crippen LogP) is 4.83. The Bertz CT molecular complexity index is 1150. The van der Waals surface area contributed by atoms with E-state index in [1.807, 2.05) is 60.0 Å². The second-order valence-corrected chi connectivity index (χ2v) is 8.02. The van der Waals surface area contributed by atoms with Crippen LogP contribution in [-0.2, 0) is 12.3 Å². The van der Waals surface area contributed by atoms with Gasteiger partial charge in [-0.2, -0.15) is 0 Å². The van der Waals surface area contributed by atoms with Crippen molar-refractivity contribution in [2.24, 2.45) is 0 Å². The minimum Gasteiger partial charge on any atom is -0.494 e. The molecule has 2 aromatic heterocycles. The second-order valence-electron chi connectivity index (χ2n) is 6.65. The molecule has 2 aromatic carbocycles. The number of aromatic nitrogens is 4. The lowest BCUT2D eigenvalue weighted by Gasteiger charge is -2.11. The van der Waals surface area contributed by atoms with Crippen molar-refractivity contribution in [1.29, 1.82) is 0 Å². The molecule has 0 radical (unpaired) electrons. The highest BCUT2D eigenvalue weighted by Crippen LogP contribution is 2.28. The third-order valence-corrected chi connectivity index (χ3v) is 5.82. The van der Waals surface area contributed by atoms with Crippen LogP contribution in [0.25, 0.3) is 11.2 Å². The van der Waals surface area contributed by atoms with Gasteiger partial charge in [-0.25, -0.2) is 15.0 Å². The Hall–Kier alpha value is -2.97. The molecule has 4 rings (SSSR count). The molecule has 0 spiro atoms. The first-order valence-electron chi connectivity index (χ1n) is 9.83. The molecule has 2 heterocycles. The third kappa shape index (κ3) is 5.21. The zero-order chi connectivity index (χ0) is 21.6. The second kappa shape index (κ2) is 9.89. The van der Waals surface area contributed by atoms with Gasteiger partial charge in [0.1, 0.15) is 24.4 Å². The van der Waals surface area contributed by atoms with E-state index >= 15 is 0 Å². The smallest absolute Gasteiger partial charge is 0.170 e. The van der Waals surface area contributed by atoms with Crippen LogP contribution in [0.5, 0.6) is 11.5 Å². The summed E-state index contributed by atoms with van der Waals surface area (Å²) in [6, 6.07) is 15.4. The maximum Gasteiger partial charge on any atom is 0.170 e. The van der Waals surface area contributed by atoms with Gasteiger partial charge in [-0.3, -0.25) is 0 Å². The molecule has 2 N–H and O–H groups in total. The molecule has 9 heteroatoms. The first kappa shape index (κ1) is 21.3. The Morgan fingerprint density at radius 2 is 1.71 bits per heavy atom. The number of anilines is 1. The fraction of sp³-hybridized carbons (Fsp3) is 0.227. The van der Waals surface area contributed by atoms with E-state index in [4.69, 9.17) is 26.8 Å². The molecule has 0 aliphatic heterocycles. The minimum absolute atomic E-state index is 0.365. The number of thioether (sulfide) groups is 1. The van der Waals surface area contributed by atoms with Crippen molar-refractivity contribution >= 4 is 40.3 Å². The summed E-state index contributed by atoms with van der Waals surface area (Å²) in [5.74, 6) is 2.71. The topological polar surface area (TPSA) is 88.1 Å². The summed E-state index contributed by atoms with van der Waals surface area (Å²) in [5, 5.41) is 1.53. The molecule has 0 aliphatic carbocycles. The Labute approximate surface area is 189 Å². The highest BCUT2D eigenvalue weighted by molar-refractivity contribution is 7.98. The summed E-state index contributed by atoms with van der Waals surface area (Å²) in [4.78, 5) is 13.1. The normalized spacial score (nSPS) is 11.0. The van der Waals surface area contributed by atoms with Crippen molar-refractivity contribution in [3.63, 3.8) is 0 Å². The van der Waals surface area contributed by atoms with Gasteiger partial charge in [0.2, 0.25) is 0 Å². The first-order valence-corrected chi connectivity index (χ1v) is 11.2. The largest absolute Gasteiger partial charge is 0.494 e. The van der Waals surface area contributed by atoms with Crippen LogP contribution in [0.1, 0.15) is 12.5 Å². The van der Waals surface area contributed by atoms with E-state index in [1.165, 1.54) is 6.33 Å². The molecule has 0 fully saturated rings. The quantitative estimate of drug-likeness (QED) is 0.361. The first-order chi connectivity index (χ1) is 15.1. The molecule has 0 atom stereocenters. The van der Waals surface area contributed by atoms with Gasteiger partial charge in [0.25, 0.3) is 0 Å². The highest BCUT2D eigenvalue weighted by Gasteiger charge is 2.15. The van der Waals surface area contributed by atoms with Crippen LogP contribution in [0.4, 0.5) is 5.82 Å². The van der Waals surface area contributed by atoms with Crippen molar-refractivity contribution in [3.8, 4) is 11.5 Å². The zero-order valence-corrected chi connectivity index (χ0v) is 18.6. The van der Waals surface area contributed by atoms with Crippen LogP contribution in [-0.4, -0.2) is 32.7 Å². The van der Waals surface area contributed by atoms with Crippen molar-refractivity contribution in [3.05, 3.63) is 65.4 Å². The van der Waals surface area contributed by atoms with Crippen LogP contribution in [0, 0.1) is 0 Å². The van der Waals surface area contributed by atoms with Crippen LogP contribution in [0.3, 0.4) is 0 Å². The summed E-state index contributed by atoms with van der Waals surface area (Å²) >= 11 is 7.59. The number of nitrogens with two attached hydrogens (primary N) is 1. The van der Waals surface area contributed by atoms with Crippen molar-refractivity contribution in [1.82, 2.24) is 19.5 Å². The highest BCUT2D eigenvalue weighted by atomic mass is 35.5. The number of ether oxygens (including phenoxy) is 2. The summed E-state index contributed by atoms with van der Waals surface area (Å²) in [6.07, 6.45) is 1.46. The number of hydrogen-bond donors (Lipinski definition) is 1. The van der Waals surface area contributed by atoms with E-state index in [1.54, 1.807) is 11.8 Å². The van der Waals surface area contributed by atoms with Gasteiger partial charge in [-0.15, -0.1) is 0 Å². The summed E-state index contributed by atoms with van der Waals surface area (Å²) in [6.45, 7) is 3.62. The van der Waals surface area contributed by atoms with Gasteiger partial charge in [0, 0.05) is 10.8 Å². The molecule has 0 unspecified atom stereocenters. The lowest BCUT2D eigenvalue weighted by Crippen LogP contribution is -2.10. The summed E-state index contributed by atoms with van der Waals surface area (Å²) in [7, 11) is 0. The van der Waals surface area contributed by atoms with E-state index < -0.39 is 0 Å². The van der Waals surface area contributed by atoms with E-state index in [-0.39, 0.29) is 0 Å². The Morgan fingerprint density at radius 3 is 2.42 bits per heavy atom. The number of hydrogen-bond acceptors (Lipinski definition) is 7. The number of nitrogens with zero attached hydrogens (tertiary/aromatic N) is 4. The molecule has 0 amide bonds. The Balaban J connectivity index is 1.49. The Morgan fingerprint density at radius 1 is 1.00 bits per heavy atom. The van der Waals surface area contributed by atoms with Gasteiger partial charge in [-0.05, 0) is 48.9 Å². The average Bonchev–Trinajstić information content (AvgIpc) is 3.14. The van der Waals surface area contributed by atoms with Gasteiger partial charge in [0.15, 0.2) is 22.1 Å². The van der Waals surface area contributed by atoms with E-state index in [2.05, 4.69) is 15.0 Å². The monoisotopic (exact) mass is 455 g/mol. The summed E-state index contributed by atoms with van der Waals surface area (Å²) < 4.78 is 13.4. The van der Waals surface area contributed by atoms with E-state index in [9.17, 15) is 0 Å². The number of imidazole rings is 1. The van der Waals surface area contributed by atoms with E-state index in [0.717, 1.165) is 33.0 Å². The van der Waals surface area contributed by atoms with Crippen molar-refractivity contribution < 1.29 is 9.47 Å². The molecule has 0 saturated carbocycles. The van der Waals surface area contributed by atoms with Gasteiger partial charge in [0.05, 0.1) is 13.2 Å².